The van der Waals surface area contributed by atoms with Crippen LogP contribution in [0.25, 0.3) is 0 Å². The molecule has 20 heavy (non-hydrogen) atoms. The lowest BCUT2D eigenvalue weighted by molar-refractivity contribution is 0.0339. The van der Waals surface area contributed by atoms with E-state index in [4.69, 9.17) is 0 Å². The second-order valence-corrected chi connectivity index (χ2v) is 5.31. The number of anilines is 1. The smallest absolute Gasteiger partial charge is 0.164 e. The van der Waals surface area contributed by atoms with Crippen LogP contribution in [-0.2, 0) is 12.0 Å². The predicted molar refractivity (Wildman–Crippen MR) is 73.5 cm³/mol. The summed E-state index contributed by atoms with van der Waals surface area (Å²) in [7, 11) is 0. The van der Waals surface area contributed by atoms with Gasteiger partial charge in [-0.05, 0) is 31.0 Å². The van der Waals surface area contributed by atoms with Gasteiger partial charge in [0.15, 0.2) is 11.6 Å². The van der Waals surface area contributed by atoms with E-state index < -0.39 is 23.3 Å². The third-order valence-electron chi connectivity index (χ3n) is 3.95. The Bertz CT molecular complexity index is 630. The van der Waals surface area contributed by atoms with Gasteiger partial charge in [0, 0.05) is 11.3 Å². The van der Waals surface area contributed by atoms with E-state index in [1.54, 1.807) is 0 Å². The van der Waals surface area contributed by atoms with Crippen molar-refractivity contribution < 1.29 is 13.9 Å². The number of fused-ring (bicyclic) bond motifs is 1. The maximum absolute atomic E-state index is 13.9. The average molecular weight is 275 g/mol. The molecule has 0 fully saturated rings. The molecule has 0 spiro atoms. The summed E-state index contributed by atoms with van der Waals surface area (Å²) < 4.78 is 27.3. The molecule has 2 unspecified atom stereocenters. The molecule has 104 valence electrons. The van der Waals surface area contributed by atoms with Crippen LogP contribution in [0.1, 0.15) is 18.1 Å². The van der Waals surface area contributed by atoms with E-state index in [-0.39, 0.29) is 5.56 Å². The van der Waals surface area contributed by atoms with Gasteiger partial charge in [0.1, 0.15) is 5.60 Å². The Morgan fingerprint density at radius 3 is 2.65 bits per heavy atom. The van der Waals surface area contributed by atoms with Crippen LogP contribution in [0.3, 0.4) is 0 Å². The van der Waals surface area contributed by atoms with Crippen molar-refractivity contribution in [3.8, 4) is 0 Å². The second-order valence-electron chi connectivity index (χ2n) is 5.31. The number of aliphatic hydroxyl groups is 1. The Hall–Kier alpha value is -1.94. The monoisotopic (exact) mass is 275 g/mol. The van der Waals surface area contributed by atoms with Crippen molar-refractivity contribution in [1.82, 2.24) is 0 Å². The van der Waals surface area contributed by atoms with Gasteiger partial charge in [-0.1, -0.05) is 30.3 Å². The first-order valence-corrected chi connectivity index (χ1v) is 6.51. The molecule has 2 atom stereocenters. The molecule has 0 bridgehead atoms. The van der Waals surface area contributed by atoms with Crippen LogP contribution in [0.4, 0.5) is 14.5 Å². The topological polar surface area (TPSA) is 32.3 Å². The van der Waals surface area contributed by atoms with Gasteiger partial charge >= 0.3 is 0 Å². The SMILES string of the molecule is CC(O)(c1cccc(F)c1F)C1Cc2ccccc2N1. The maximum atomic E-state index is 13.9. The molecule has 1 heterocycles. The average Bonchev–Trinajstić information content (AvgIpc) is 2.86. The molecule has 1 aliphatic heterocycles. The van der Waals surface area contributed by atoms with Crippen molar-refractivity contribution in [1.29, 1.82) is 0 Å². The molecule has 0 saturated heterocycles. The van der Waals surface area contributed by atoms with Gasteiger partial charge in [-0.2, -0.15) is 0 Å². The molecular formula is C16H15F2NO. The zero-order chi connectivity index (χ0) is 14.3. The number of benzene rings is 2. The van der Waals surface area contributed by atoms with E-state index in [1.165, 1.54) is 19.1 Å². The molecule has 0 amide bonds. The number of hydrogen-bond donors (Lipinski definition) is 2. The fourth-order valence-corrected chi connectivity index (χ4v) is 2.72. The normalized spacial score (nSPS) is 20.1. The quantitative estimate of drug-likeness (QED) is 0.882. The van der Waals surface area contributed by atoms with Crippen LogP contribution in [0, 0.1) is 11.6 Å². The minimum Gasteiger partial charge on any atom is -0.383 e. The number of para-hydroxylation sites is 1. The predicted octanol–water partition coefficient (Wildman–Crippen LogP) is 3.21. The van der Waals surface area contributed by atoms with Crippen molar-refractivity contribution >= 4 is 5.69 Å². The Kier molecular flexibility index (Phi) is 2.98. The Morgan fingerprint density at radius 2 is 1.90 bits per heavy atom. The van der Waals surface area contributed by atoms with Gasteiger partial charge in [0.05, 0.1) is 6.04 Å². The van der Waals surface area contributed by atoms with Crippen molar-refractivity contribution in [2.24, 2.45) is 0 Å². The maximum Gasteiger partial charge on any atom is 0.164 e. The van der Waals surface area contributed by atoms with E-state index in [1.807, 2.05) is 24.3 Å². The van der Waals surface area contributed by atoms with Crippen LogP contribution in [0.2, 0.25) is 0 Å². The Morgan fingerprint density at radius 1 is 1.15 bits per heavy atom. The third kappa shape index (κ3) is 1.96. The summed E-state index contributed by atoms with van der Waals surface area (Å²) in [4.78, 5) is 0. The standard InChI is InChI=1S/C16H15F2NO/c1-16(20,11-6-4-7-12(17)15(11)18)14-9-10-5-2-3-8-13(10)19-14/h2-8,14,19-20H,9H2,1H3. The molecule has 4 heteroatoms. The zero-order valence-corrected chi connectivity index (χ0v) is 11.0. The van der Waals surface area contributed by atoms with Crippen LogP contribution in [0.15, 0.2) is 42.5 Å². The van der Waals surface area contributed by atoms with Crippen LogP contribution >= 0.6 is 0 Å². The fraction of sp³-hybridized carbons (Fsp3) is 0.250. The van der Waals surface area contributed by atoms with E-state index in [0.717, 1.165) is 17.3 Å². The lowest BCUT2D eigenvalue weighted by Gasteiger charge is -2.31. The van der Waals surface area contributed by atoms with Crippen LogP contribution < -0.4 is 5.32 Å². The number of nitrogens with one attached hydrogen (secondary N) is 1. The van der Waals surface area contributed by atoms with Gasteiger partial charge in [0.25, 0.3) is 0 Å². The molecule has 1 aliphatic rings. The highest BCUT2D eigenvalue weighted by Crippen LogP contribution is 2.36. The Balaban J connectivity index is 1.96. The highest BCUT2D eigenvalue weighted by molar-refractivity contribution is 5.57. The summed E-state index contributed by atoms with van der Waals surface area (Å²) in [6, 6.07) is 11.2. The van der Waals surface area contributed by atoms with Crippen molar-refractivity contribution in [2.75, 3.05) is 5.32 Å². The molecule has 2 aromatic carbocycles. The number of rotatable bonds is 2. The molecule has 0 aromatic heterocycles. The van der Waals surface area contributed by atoms with Gasteiger partial charge < -0.3 is 10.4 Å². The first-order valence-electron chi connectivity index (χ1n) is 6.51. The van der Waals surface area contributed by atoms with E-state index >= 15 is 0 Å². The number of halogens is 2. The Labute approximate surface area is 116 Å². The van der Waals surface area contributed by atoms with Gasteiger partial charge in [-0.25, -0.2) is 8.78 Å². The molecule has 2 aromatic rings. The minimum atomic E-state index is -1.49. The fourth-order valence-electron chi connectivity index (χ4n) is 2.72. The van der Waals surface area contributed by atoms with E-state index in [0.29, 0.717) is 6.42 Å². The second kappa shape index (κ2) is 4.56. The van der Waals surface area contributed by atoms with Crippen molar-refractivity contribution in [2.45, 2.75) is 25.0 Å². The molecule has 0 saturated carbocycles. The van der Waals surface area contributed by atoms with Crippen LogP contribution in [0.5, 0.6) is 0 Å². The summed E-state index contributed by atoms with van der Waals surface area (Å²) in [5.41, 5.74) is 0.470. The first-order chi connectivity index (χ1) is 9.50. The van der Waals surface area contributed by atoms with Crippen molar-refractivity contribution in [3.05, 3.63) is 65.2 Å². The molecule has 2 nitrogen and oxygen atoms in total. The lowest BCUT2D eigenvalue weighted by Crippen LogP contribution is -2.41. The summed E-state index contributed by atoms with van der Waals surface area (Å²) in [6.07, 6.45) is 0.569. The van der Waals surface area contributed by atoms with Gasteiger partial charge in [-0.3, -0.25) is 0 Å². The van der Waals surface area contributed by atoms with Gasteiger partial charge in [-0.15, -0.1) is 0 Å². The highest BCUT2D eigenvalue weighted by Gasteiger charge is 2.39. The van der Waals surface area contributed by atoms with Crippen molar-refractivity contribution in [3.63, 3.8) is 0 Å². The number of hydrogen-bond acceptors (Lipinski definition) is 2. The molecule has 2 N–H and O–H groups in total. The summed E-state index contributed by atoms with van der Waals surface area (Å²) >= 11 is 0. The van der Waals surface area contributed by atoms with E-state index in [9.17, 15) is 13.9 Å². The minimum absolute atomic E-state index is 0.0252. The summed E-state index contributed by atoms with van der Waals surface area (Å²) in [5, 5.41) is 13.9. The zero-order valence-electron chi connectivity index (χ0n) is 11.0. The molecular weight excluding hydrogens is 260 g/mol. The largest absolute Gasteiger partial charge is 0.383 e. The third-order valence-corrected chi connectivity index (χ3v) is 3.95. The lowest BCUT2D eigenvalue weighted by atomic mass is 9.86. The highest BCUT2D eigenvalue weighted by atomic mass is 19.2. The van der Waals surface area contributed by atoms with Gasteiger partial charge in [0.2, 0.25) is 0 Å². The molecule has 0 aliphatic carbocycles. The first kappa shape index (κ1) is 13.1. The summed E-state index contributed by atoms with van der Waals surface area (Å²) in [5.74, 6) is -1.94. The van der Waals surface area contributed by atoms with Crippen LogP contribution in [-0.4, -0.2) is 11.1 Å². The molecule has 3 rings (SSSR count). The molecule has 0 radical (unpaired) electrons. The summed E-state index contributed by atoms with van der Waals surface area (Å²) in [6.45, 7) is 1.51. The van der Waals surface area contributed by atoms with E-state index in [2.05, 4.69) is 5.32 Å².